The largest absolute Gasteiger partial charge is 0.354 e. The number of fused-ring (bicyclic) bond motifs is 8. The van der Waals surface area contributed by atoms with Crippen LogP contribution in [0.5, 0.6) is 0 Å². The summed E-state index contributed by atoms with van der Waals surface area (Å²) in [5.74, 6) is 0. The van der Waals surface area contributed by atoms with Gasteiger partial charge < -0.3 is 52.5 Å². The number of H-pyrrole nitrogens is 2. The van der Waals surface area contributed by atoms with Crippen molar-refractivity contribution in [2.75, 3.05) is 42.5 Å². The van der Waals surface area contributed by atoms with Gasteiger partial charge in [0.05, 0.1) is 22.8 Å². The predicted octanol–water partition coefficient (Wildman–Crippen LogP) is 19.1. The van der Waals surface area contributed by atoms with Crippen molar-refractivity contribution in [3.05, 3.63) is 263 Å². The van der Waals surface area contributed by atoms with Crippen molar-refractivity contribution in [2.45, 2.75) is 27.7 Å². The number of nitrogens with zero attached hydrogens (tertiary/aromatic N) is 2. The van der Waals surface area contributed by atoms with Gasteiger partial charge in [0.2, 0.25) is 0 Å². The third-order valence-corrected chi connectivity index (χ3v) is 16.0. The lowest BCUT2D eigenvalue weighted by molar-refractivity contribution is 0.261. The van der Waals surface area contributed by atoms with E-state index in [1.165, 1.54) is 0 Å². The molecule has 0 spiro atoms. The lowest BCUT2D eigenvalue weighted by Crippen LogP contribution is -2.19. The minimum absolute atomic E-state index is 0.402. The van der Waals surface area contributed by atoms with Crippen molar-refractivity contribution in [3.63, 3.8) is 0 Å². The molecule has 0 radical (unpaired) electrons. The number of benzene rings is 8. The molecular formula is C76H62N12O4. The maximum Gasteiger partial charge on any atom is 0.323 e. The Morgan fingerprint density at radius 3 is 0.707 bits per heavy atom. The Hall–Kier alpha value is -12.6. The van der Waals surface area contributed by atoms with Crippen molar-refractivity contribution in [1.29, 1.82) is 0 Å². The van der Waals surface area contributed by atoms with Crippen LogP contribution in [0.1, 0.15) is 45.0 Å². The lowest BCUT2D eigenvalue weighted by atomic mass is 10.0. The number of nitrogens with one attached hydrogen (secondary N) is 10. The molecule has 2 aliphatic rings. The van der Waals surface area contributed by atoms with Crippen molar-refractivity contribution < 1.29 is 19.2 Å². The molecule has 0 unspecified atom stereocenters. The first-order valence-electron chi connectivity index (χ1n) is 29.9. The molecular weight excluding hydrogens is 1140 g/mol. The molecule has 11 aromatic rings. The topological polar surface area (TPSA) is 222 Å². The number of aromatic amines is 2. The van der Waals surface area contributed by atoms with Crippen LogP contribution in [0, 0.1) is 27.7 Å². The Kier molecular flexibility index (Phi) is 16.3. The van der Waals surface area contributed by atoms with E-state index in [0.717, 1.165) is 66.8 Å². The second-order valence-corrected chi connectivity index (χ2v) is 22.4. The van der Waals surface area contributed by atoms with E-state index in [1.54, 1.807) is 0 Å². The van der Waals surface area contributed by atoms with Gasteiger partial charge in [-0.25, -0.2) is 29.1 Å². The maximum absolute atomic E-state index is 13.7. The highest BCUT2D eigenvalue weighted by atomic mass is 16.2. The highest BCUT2D eigenvalue weighted by Gasteiger charge is 2.22. The minimum Gasteiger partial charge on any atom is -0.354 e. The first-order chi connectivity index (χ1) is 44.8. The predicted molar refractivity (Wildman–Crippen MR) is 376 cm³/mol. The highest BCUT2D eigenvalue weighted by molar-refractivity contribution is 6.06. The maximum atomic E-state index is 13.7. The Bertz CT molecular complexity index is 4330. The van der Waals surface area contributed by atoms with E-state index in [0.29, 0.717) is 90.3 Å². The van der Waals surface area contributed by atoms with Crippen molar-refractivity contribution in [3.8, 4) is 44.5 Å². The normalized spacial score (nSPS) is 11.3. The number of urea groups is 4. The van der Waals surface area contributed by atoms with E-state index in [2.05, 4.69) is 52.5 Å². The van der Waals surface area contributed by atoms with Gasteiger partial charge in [-0.3, -0.25) is 0 Å². The van der Waals surface area contributed by atoms with Crippen LogP contribution in [0.4, 0.5) is 64.7 Å². The summed E-state index contributed by atoms with van der Waals surface area (Å²) in [6, 6.07) is 67.3. The van der Waals surface area contributed by atoms with Crippen LogP contribution in [-0.2, 0) is 0 Å². The molecule has 10 N–H and O–H groups in total. The Morgan fingerprint density at radius 2 is 0.489 bits per heavy atom. The lowest BCUT2D eigenvalue weighted by Gasteiger charge is -2.14. The third kappa shape index (κ3) is 12.9. The molecule has 2 aliphatic heterocycles. The summed E-state index contributed by atoms with van der Waals surface area (Å²) in [7, 11) is 0. The molecule has 92 heavy (non-hydrogen) atoms. The average Bonchev–Trinajstić information content (AvgIpc) is 1.62. The summed E-state index contributed by atoms with van der Waals surface area (Å²) in [6.07, 6.45) is 7.96. The summed E-state index contributed by atoms with van der Waals surface area (Å²) < 4.78 is 0. The molecule has 13 rings (SSSR count). The third-order valence-electron chi connectivity index (χ3n) is 16.0. The minimum atomic E-state index is -0.402. The number of para-hydroxylation sites is 4. The Morgan fingerprint density at radius 1 is 0.272 bits per heavy atom. The molecule has 5 heterocycles. The molecule has 8 bridgehead atoms. The number of rotatable bonds is 12. The molecule has 0 saturated heterocycles. The monoisotopic (exact) mass is 1210 g/mol. The first kappa shape index (κ1) is 58.5. The highest BCUT2D eigenvalue weighted by Crippen LogP contribution is 2.41. The fraction of sp³-hybridized carbons (Fsp3) is 0.0526. The standard InChI is InChI=1S/C76H62N12O4/c1-45-25-29-49(41-65(45)85-73(89)77-53-17-9-5-10-18-53)69-57-33-35-59(81-57)70(50-30-26-46(2)66(42-50)86-74(90)78-54-19-11-6-12-20-54)61-37-39-63(83-61)72(52-32-28-48(4)68(44-52)88-76(92)80-56-23-15-8-16-24-56)64-40-38-62(84-64)71(60-36-34-58(69)82-60)51-31-27-47(3)67(43-51)87-75(91)79-55-21-13-7-14-22-55/h5-44,81,84H,1-4H3,(H2,77,85,89)(H2,78,86,90)(H2,79,87,91)(H2,80,88,92). The first-order valence-corrected chi connectivity index (χ1v) is 29.9. The van der Waals surface area contributed by atoms with Crippen LogP contribution >= 0.6 is 0 Å². The molecule has 8 amide bonds. The van der Waals surface area contributed by atoms with Crippen LogP contribution in [0.2, 0.25) is 0 Å². The zero-order valence-corrected chi connectivity index (χ0v) is 50.6. The molecule has 16 heteroatoms. The summed E-state index contributed by atoms with van der Waals surface area (Å²) in [5, 5.41) is 24.2. The number of carbonyl (C=O) groups excluding carboxylic acids is 4. The number of anilines is 8. The molecule has 0 aliphatic carbocycles. The molecule has 450 valence electrons. The van der Waals surface area contributed by atoms with E-state index in [4.69, 9.17) is 9.97 Å². The van der Waals surface area contributed by atoms with E-state index in [1.807, 2.05) is 270 Å². The Labute approximate surface area is 530 Å². The smallest absolute Gasteiger partial charge is 0.323 e. The van der Waals surface area contributed by atoms with Crippen molar-refractivity contribution in [2.24, 2.45) is 0 Å². The SMILES string of the molecule is Cc1ccc(-c2c3nc(c(-c4ccc(C)c(NC(=O)Nc5ccccc5)c4)c4ccc([nH]4)c(-c4ccc(C)c(NC(=O)Nc5ccccc5)c4)c4nc(c(-c5ccc(C)c(NC(=O)Nc6ccccc6)c5)c5ccc2[nH]5)C=C4)C=C3)cc1NC(=O)Nc1ccccc1. The van der Waals surface area contributed by atoms with Gasteiger partial charge in [-0.2, -0.15) is 0 Å². The number of aryl methyl sites for hydroxylation is 4. The Balaban J connectivity index is 1.05. The molecule has 3 aromatic heterocycles. The zero-order chi connectivity index (χ0) is 63.2. The van der Waals surface area contributed by atoms with E-state index in [-0.39, 0.29) is 0 Å². The summed E-state index contributed by atoms with van der Waals surface area (Å²) >= 11 is 0. The summed E-state index contributed by atoms with van der Waals surface area (Å²) in [4.78, 5) is 73.5. The quantitative estimate of drug-likeness (QED) is 0.0573. The molecule has 0 atom stereocenters. The summed E-state index contributed by atoms with van der Waals surface area (Å²) in [6.45, 7) is 7.78. The summed E-state index contributed by atoms with van der Waals surface area (Å²) in [5.41, 5.74) is 19.5. The van der Waals surface area contributed by atoms with Gasteiger partial charge in [0.25, 0.3) is 0 Å². The van der Waals surface area contributed by atoms with E-state index in [9.17, 15) is 19.2 Å². The van der Waals surface area contributed by atoms with Gasteiger partial charge in [0.15, 0.2) is 0 Å². The van der Waals surface area contributed by atoms with Crippen LogP contribution in [0.15, 0.2) is 218 Å². The van der Waals surface area contributed by atoms with Gasteiger partial charge in [-0.05, 0) is 194 Å². The van der Waals surface area contributed by atoms with Crippen LogP contribution in [0.3, 0.4) is 0 Å². The number of amides is 8. The fourth-order valence-corrected chi connectivity index (χ4v) is 11.3. The number of hydrogen-bond acceptors (Lipinski definition) is 6. The second-order valence-electron chi connectivity index (χ2n) is 22.4. The average molecular weight is 1210 g/mol. The van der Waals surface area contributed by atoms with Gasteiger partial charge >= 0.3 is 24.1 Å². The molecule has 16 nitrogen and oxygen atoms in total. The van der Waals surface area contributed by atoms with Gasteiger partial charge in [-0.15, -0.1) is 0 Å². The van der Waals surface area contributed by atoms with Gasteiger partial charge in [0.1, 0.15) is 0 Å². The molecule has 0 fully saturated rings. The molecule has 0 saturated carbocycles. The fourth-order valence-electron chi connectivity index (χ4n) is 11.3. The number of carbonyl (C=O) groups is 4. The van der Waals surface area contributed by atoms with Gasteiger partial charge in [-0.1, -0.05) is 121 Å². The van der Waals surface area contributed by atoms with Crippen molar-refractivity contribution in [1.82, 2.24) is 19.9 Å². The second kappa shape index (κ2) is 25.6. The molecule has 8 aromatic carbocycles. The number of hydrogen-bond donors (Lipinski definition) is 10. The number of aromatic nitrogens is 4. The van der Waals surface area contributed by atoms with Crippen molar-refractivity contribution >= 4 is 116 Å². The van der Waals surface area contributed by atoms with Crippen LogP contribution in [0.25, 0.3) is 90.9 Å². The van der Waals surface area contributed by atoms with E-state index < -0.39 is 24.1 Å². The van der Waals surface area contributed by atoms with Crippen LogP contribution in [-0.4, -0.2) is 44.1 Å². The van der Waals surface area contributed by atoms with Crippen LogP contribution < -0.4 is 42.5 Å². The van der Waals surface area contributed by atoms with E-state index >= 15 is 0 Å². The van der Waals surface area contributed by atoms with Gasteiger partial charge in [0, 0.05) is 89.8 Å². The zero-order valence-electron chi connectivity index (χ0n) is 50.6.